The zero-order valence-electron chi connectivity index (χ0n) is 12.6. The lowest BCUT2D eigenvalue weighted by molar-refractivity contribution is -0.130. The molecule has 1 amide bonds. The Labute approximate surface area is 119 Å². The van der Waals surface area contributed by atoms with Crippen LogP contribution in [0.15, 0.2) is 0 Å². The van der Waals surface area contributed by atoms with Gasteiger partial charge in [0.15, 0.2) is 0 Å². The number of carbonyl (C=O) groups excluding carboxylic acids is 1. The third kappa shape index (κ3) is 5.22. The minimum absolute atomic E-state index is 0.0131. The van der Waals surface area contributed by atoms with Gasteiger partial charge in [0.2, 0.25) is 5.91 Å². The highest BCUT2D eigenvalue weighted by molar-refractivity contribution is 7.84. The van der Waals surface area contributed by atoms with Gasteiger partial charge in [-0.15, -0.1) is 0 Å². The van der Waals surface area contributed by atoms with Gasteiger partial charge in [0, 0.05) is 29.4 Å². The number of nitrogens with zero attached hydrogens (tertiary/aromatic N) is 1. The van der Waals surface area contributed by atoms with Crippen molar-refractivity contribution in [3.05, 3.63) is 0 Å². The summed E-state index contributed by atoms with van der Waals surface area (Å²) in [7, 11) is -0.769. The maximum Gasteiger partial charge on any atom is 0.241 e. The molecule has 0 aromatic carbocycles. The van der Waals surface area contributed by atoms with E-state index in [0.29, 0.717) is 11.7 Å². The van der Waals surface area contributed by atoms with Crippen LogP contribution in [0.5, 0.6) is 0 Å². The average Bonchev–Trinajstić information content (AvgIpc) is 2.57. The first-order valence-electron chi connectivity index (χ1n) is 7.32. The first kappa shape index (κ1) is 16.6. The second-order valence-corrected chi connectivity index (χ2v) is 7.37. The van der Waals surface area contributed by atoms with E-state index in [1.807, 2.05) is 4.90 Å². The molecule has 5 heteroatoms. The molecule has 3 atom stereocenters. The van der Waals surface area contributed by atoms with Crippen LogP contribution in [0.1, 0.15) is 46.5 Å². The third-order valence-corrected chi connectivity index (χ3v) is 4.32. The van der Waals surface area contributed by atoms with Crippen molar-refractivity contribution in [1.82, 2.24) is 10.2 Å². The molecule has 4 nitrogen and oxygen atoms in total. The fourth-order valence-electron chi connectivity index (χ4n) is 2.59. The molecule has 0 radical (unpaired) electrons. The summed E-state index contributed by atoms with van der Waals surface area (Å²) in [5, 5.41) is 3.46. The van der Waals surface area contributed by atoms with Gasteiger partial charge in [-0.2, -0.15) is 0 Å². The summed E-state index contributed by atoms with van der Waals surface area (Å²) in [6.45, 7) is 7.19. The predicted octanol–water partition coefficient (Wildman–Crippen LogP) is 1.73. The maximum atomic E-state index is 12.4. The Morgan fingerprint density at radius 2 is 2.11 bits per heavy atom. The summed E-state index contributed by atoms with van der Waals surface area (Å²) in [6, 6.07) is -0.0131. The Morgan fingerprint density at radius 3 is 2.63 bits per heavy atom. The van der Waals surface area contributed by atoms with Gasteiger partial charge in [-0.05, 0) is 25.2 Å². The Kier molecular flexibility index (Phi) is 7.00. The summed E-state index contributed by atoms with van der Waals surface area (Å²) in [5.41, 5.74) is 0. The van der Waals surface area contributed by atoms with Crippen LogP contribution in [0.2, 0.25) is 0 Å². The molecular weight excluding hydrogens is 260 g/mol. The number of nitrogens with one attached hydrogen (secondary N) is 1. The molecule has 0 aromatic heterocycles. The normalized spacial score (nSPS) is 25.3. The highest BCUT2D eigenvalue weighted by atomic mass is 32.2. The van der Waals surface area contributed by atoms with Gasteiger partial charge in [0.05, 0.1) is 12.2 Å². The molecule has 0 aromatic rings. The van der Waals surface area contributed by atoms with Crippen LogP contribution in [0, 0.1) is 5.92 Å². The first-order chi connectivity index (χ1) is 8.95. The minimum atomic E-state index is -0.769. The molecule has 112 valence electrons. The van der Waals surface area contributed by atoms with Crippen LogP contribution in [-0.2, 0) is 15.6 Å². The molecule has 1 N–H and O–H groups in total. The smallest absolute Gasteiger partial charge is 0.241 e. The first-order valence-corrected chi connectivity index (χ1v) is 9.05. The van der Waals surface area contributed by atoms with Crippen molar-refractivity contribution in [3.63, 3.8) is 0 Å². The van der Waals surface area contributed by atoms with Gasteiger partial charge in [-0.25, -0.2) is 0 Å². The summed E-state index contributed by atoms with van der Waals surface area (Å²) in [6.07, 6.45) is 5.61. The molecule has 0 bridgehead atoms. The molecule has 1 saturated heterocycles. The van der Waals surface area contributed by atoms with Gasteiger partial charge in [0.25, 0.3) is 0 Å². The minimum Gasteiger partial charge on any atom is -0.326 e. The largest absolute Gasteiger partial charge is 0.326 e. The van der Waals surface area contributed by atoms with Crippen LogP contribution >= 0.6 is 0 Å². The molecule has 3 unspecified atom stereocenters. The topological polar surface area (TPSA) is 49.4 Å². The Balaban J connectivity index is 2.59. The second-order valence-electron chi connectivity index (χ2n) is 5.82. The molecule has 19 heavy (non-hydrogen) atoms. The molecule has 1 aliphatic rings. The van der Waals surface area contributed by atoms with E-state index in [0.717, 1.165) is 32.2 Å². The maximum absolute atomic E-state index is 12.4. The van der Waals surface area contributed by atoms with Gasteiger partial charge in [-0.1, -0.05) is 27.2 Å². The van der Waals surface area contributed by atoms with Crippen LogP contribution in [0.25, 0.3) is 0 Å². The fraction of sp³-hybridized carbons (Fsp3) is 0.929. The van der Waals surface area contributed by atoms with E-state index in [1.165, 1.54) is 0 Å². The molecule has 0 aliphatic carbocycles. The number of hydrogen-bond donors (Lipinski definition) is 1. The molecular formula is C14H28N2O2S. The zero-order valence-corrected chi connectivity index (χ0v) is 13.5. The third-order valence-electron chi connectivity index (χ3n) is 3.45. The SMILES string of the molecule is CCCC1NC(CC(C)C)N(CCCS(C)=O)C1=O. The molecule has 0 spiro atoms. The Bertz CT molecular complexity index is 321. The fourth-order valence-corrected chi connectivity index (χ4v) is 3.12. The van der Waals surface area contributed by atoms with Crippen molar-refractivity contribution in [2.45, 2.75) is 58.7 Å². The monoisotopic (exact) mass is 288 g/mol. The predicted molar refractivity (Wildman–Crippen MR) is 80.3 cm³/mol. The van der Waals surface area contributed by atoms with Crippen LogP contribution in [-0.4, -0.2) is 45.8 Å². The lowest BCUT2D eigenvalue weighted by atomic mass is 10.1. The number of amides is 1. The van der Waals surface area contributed by atoms with Crippen LogP contribution < -0.4 is 5.32 Å². The van der Waals surface area contributed by atoms with Crippen molar-refractivity contribution >= 4 is 16.7 Å². The highest BCUT2D eigenvalue weighted by Crippen LogP contribution is 2.20. The average molecular weight is 288 g/mol. The van der Waals surface area contributed by atoms with Crippen LogP contribution in [0.4, 0.5) is 0 Å². The van der Waals surface area contributed by atoms with E-state index in [2.05, 4.69) is 26.1 Å². The van der Waals surface area contributed by atoms with E-state index >= 15 is 0 Å². The lowest BCUT2D eigenvalue weighted by Gasteiger charge is -2.25. The summed E-state index contributed by atoms with van der Waals surface area (Å²) < 4.78 is 11.1. The molecule has 1 rings (SSSR count). The zero-order chi connectivity index (χ0) is 14.4. The van der Waals surface area contributed by atoms with Crippen molar-refractivity contribution in [1.29, 1.82) is 0 Å². The summed E-state index contributed by atoms with van der Waals surface area (Å²) in [5.74, 6) is 1.47. The van der Waals surface area contributed by atoms with Gasteiger partial charge in [0.1, 0.15) is 0 Å². The Morgan fingerprint density at radius 1 is 1.42 bits per heavy atom. The van der Waals surface area contributed by atoms with Crippen LogP contribution in [0.3, 0.4) is 0 Å². The second kappa shape index (κ2) is 8.00. The summed E-state index contributed by atoms with van der Waals surface area (Å²) >= 11 is 0. The van der Waals surface area contributed by atoms with E-state index in [-0.39, 0.29) is 18.1 Å². The van der Waals surface area contributed by atoms with Crippen molar-refractivity contribution in [2.24, 2.45) is 5.92 Å². The highest BCUT2D eigenvalue weighted by Gasteiger charge is 2.37. The summed E-state index contributed by atoms with van der Waals surface area (Å²) in [4.78, 5) is 14.3. The number of rotatable bonds is 8. The van der Waals surface area contributed by atoms with E-state index in [1.54, 1.807) is 6.26 Å². The van der Waals surface area contributed by atoms with Gasteiger partial charge >= 0.3 is 0 Å². The number of hydrogen-bond acceptors (Lipinski definition) is 3. The van der Waals surface area contributed by atoms with Gasteiger partial charge in [-0.3, -0.25) is 14.3 Å². The lowest BCUT2D eigenvalue weighted by Crippen LogP contribution is -2.39. The molecule has 1 fully saturated rings. The number of carbonyl (C=O) groups is 1. The molecule has 0 saturated carbocycles. The van der Waals surface area contributed by atoms with E-state index < -0.39 is 10.8 Å². The van der Waals surface area contributed by atoms with Crippen molar-refractivity contribution in [3.8, 4) is 0 Å². The van der Waals surface area contributed by atoms with E-state index in [4.69, 9.17) is 0 Å². The molecule has 1 aliphatic heterocycles. The van der Waals surface area contributed by atoms with Crippen molar-refractivity contribution in [2.75, 3.05) is 18.6 Å². The Hall–Kier alpha value is -0.420. The van der Waals surface area contributed by atoms with Gasteiger partial charge < -0.3 is 4.90 Å². The standard InChI is InChI=1S/C14H28N2O2S/c1-5-7-12-14(17)16(8-6-9-19(4)18)13(15-12)10-11(2)3/h11-13,15H,5-10H2,1-4H3. The molecule has 1 heterocycles. The van der Waals surface area contributed by atoms with Crippen molar-refractivity contribution < 1.29 is 9.00 Å². The van der Waals surface area contributed by atoms with E-state index in [9.17, 15) is 9.00 Å². The quantitative estimate of drug-likeness (QED) is 0.740.